The van der Waals surface area contributed by atoms with Gasteiger partial charge in [-0.1, -0.05) is 20.3 Å². The lowest BCUT2D eigenvalue weighted by molar-refractivity contribution is -0.153. The fraction of sp³-hybridized carbons (Fsp3) is 0.857. The Morgan fingerprint density at radius 2 is 2.16 bits per heavy atom. The van der Waals surface area contributed by atoms with Gasteiger partial charge < -0.3 is 14.7 Å². The minimum Gasteiger partial charge on any atom is -0.480 e. The van der Waals surface area contributed by atoms with Gasteiger partial charge in [-0.25, -0.2) is 4.79 Å². The van der Waals surface area contributed by atoms with E-state index in [4.69, 9.17) is 4.74 Å². The number of methoxy groups -OCH3 is 1. The van der Waals surface area contributed by atoms with E-state index in [0.29, 0.717) is 31.9 Å². The molecule has 0 aliphatic carbocycles. The summed E-state index contributed by atoms with van der Waals surface area (Å²) >= 11 is 0. The van der Waals surface area contributed by atoms with Crippen LogP contribution in [0.3, 0.4) is 0 Å². The Labute approximate surface area is 114 Å². The first-order valence-corrected chi connectivity index (χ1v) is 7.00. The molecule has 1 aliphatic heterocycles. The third-order valence-corrected chi connectivity index (χ3v) is 3.87. The fourth-order valence-electron chi connectivity index (χ4n) is 2.70. The molecule has 1 amide bonds. The zero-order valence-electron chi connectivity index (χ0n) is 12.1. The average molecular weight is 271 g/mol. The maximum absolute atomic E-state index is 12.2. The largest absolute Gasteiger partial charge is 0.480 e. The summed E-state index contributed by atoms with van der Waals surface area (Å²) in [6.07, 6.45) is 2.82. The molecule has 1 fully saturated rings. The smallest absolute Gasteiger partial charge is 0.326 e. The summed E-state index contributed by atoms with van der Waals surface area (Å²) in [5, 5.41) is 9.29. The van der Waals surface area contributed by atoms with E-state index < -0.39 is 12.0 Å². The topological polar surface area (TPSA) is 66.8 Å². The normalized spacial score (nSPS) is 25.1. The molecule has 1 heterocycles. The Morgan fingerprint density at radius 1 is 1.47 bits per heavy atom. The Hall–Kier alpha value is -1.10. The van der Waals surface area contributed by atoms with Gasteiger partial charge in [0.2, 0.25) is 5.91 Å². The average Bonchev–Trinajstić information content (AvgIpc) is 2.38. The molecule has 5 nitrogen and oxygen atoms in total. The van der Waals surface area contributed by atoms with E-state index in [0.717, 1.165) is 12.8 Å². The van der Waals surface area contributed by atoms with Gasteiger partial charge in [-0.05, 0) is 24.7 Å². The van der Waals surface area contributed by atoms with E-state index in [1.54, 1.807) is 12.0 Å². The third-order valence-electron chi connectivity index (χ3n) is 3.87. The fourth-order valence-corrected chi connectivity index (χ4v) is 2.70. The molecular formula is C14H25NO4. The van der Waals surface area contributed by atoms with E-state index >= 15 is 0 Å². The number of likely N-dealkylation sites (tertiary alicyclic amines) is 1. The van der Waals surface area contributed by atoms with Gasteiger partial charge in [0.15, 0.2) is 0 Å². The molecule has 3 atom stereocenters. The SMILES string of the molecule is CCC1CCN(C(=O)CC(C)COC)C(C(=O)O)C1. The molecule has 0 aromatic rings. The van der Waals surface area contributed by atoms with Gasteiger partial charge in [0.1, 0.15) is 6.04 Å². The first-order valence-electron chi connectivity index (χ1n) is 7.00. The molecule has 19 heavy (non-hydrogen) atoms. The first-order chi connectivity index (χ1) is 8.99. The highest BCUT2D eigenvalue weighted by Gasteiger charge is 2.35. The number of piperidine rings is 1. The number of rotatable bonds is 6. The van der Waals surface area contributed by atoms with Crippen molar-refractivity contribution in [1.29, 1.82) is 0 Å². The van der Waals surface area contributed by atoms with Crippen molar-refractivity contribution in [2.45, 2.75) is 45.6 Å². The molecule has 0 radical (unpaired) electrons. The van der Waals surface area contributed by atoms with E-state index in [1.807, 2.05) is 6.92 Å². The van der Waals surface area contributed by atoms with Crippen molar-refractivity contribution in [2.75, 3.05) is 20.3 Å². The van der Waals surface area contributed by atoms with E-state index in [-0.39, 0.29) is 11.8 Å². The number of aliphatic carboxylic acids is 1. The minimum atomic E-state index is -0.883. The van der Waals surface area contributed by atoms with Crippen LogP contribution in [0.1, 0.15) is 39.5 Å². The molecule has 0 aromatic heterocycles. The van der Waals surface area contributed by atoms with Crippen LogP contribution in [0.4, 0.5) is 0 Å². The summed E-state index contributed by atoms with van der Waals surface area (Å²) in [7, 11) is 1.60. The summed E-state index contributed by atoms with van der Waals surface area (Å²) in [6.45, 7) is 5.10. The van der Waals surface area contributed by atoms with Crippen LogP contribution in [-0.4, -0.2) is 48.2 Å². The Balaban J connectivity index is 2.63. The standard InChI is InChI=1S/C14H25NO4/c1-4-11-5-6-15(12(8-11)14(17)18)13(16)7-10(2)9-19-3/h10-12H,4-9H2,1-3H3,(H,17,18). The number of carboxylic acids is 1. The Kier molecular flexibility index (Phi) is 6.28. The van der Waals surface area contributed by atoms with Crippen molar-refractivity contribution < 1.29 is 19.4 Å². The Morgan fingerprint density at radius 3 is 2.68 bits per heavy atom. The van der Waals surface area contributed by atoms with E-state index in [9.17, 15) is 14.7 Å². The molecule has 0 aromatic carbocycles. The van der Waals surface area contributed by atoms with Gasteiger partial charge in [-0.3, -0.25) is 4.79 Å². The lowest BCUT2D eigenvalue weighted by Crippen LogP contribution is -2.50. The van der Waals surface area contributed by atoms with Gasteiger partial charge in [0, 0.05) is 26.7 Å². The molecule has 110 valence electrons. The van der Waals surface area contributed by atoms with E-state index in [1.165, 1.54) is 0 Å². The molecule has 3 unspecified atom stereocenters. The zero-order valence-corrected chi connectivity index (χ0v) is 12.1. The summed E-state index contributed by atoms with van der Waals surface area (Å²) in [5.41, 5.74) is 0. The summed E-state index contributed by atoms with van der Waals surface area (Å²) < 4.78 is 5.01. The lowest BCUT2D eigenvalue weighted by atomic mass is 9.88. The highest BCUT2D eigenvalue weighted by Crippen LogP contribution is 2.26. The minimum absolute atomic E-state index is 0.0634. The maximum Gasteiger partial charge on any atom is 0.326 e. The highest BCUT2D eigenvalue weighted by atomic mass is 16.5. The quantitative estimate of drug-likeness (QED) is 0.799. The number of hydrogen-bond acceptors (Lipinski definition) is 3. The molecule has 1 rings (SSSR count). The number of carbonyl (C=O) groups excluding carboxylic acids is 1. The molecule has 1 N–H and O–H groups in total. The van der Waals surface area contributed by atoms with Crippen LogP contribution in [0.15, 0.2) is 0 Å². The molecule has 0 spiro atoms. The van der Waals surface area contributed by atoms with Crippen LogP contribution >= 0.6 is 0 Å². The number of carboxylic acid groups (broad SMARTS) is 1. The highest BCUT2D eigenvalue weighted by molar-refractivity contribution is 5.84. The second-order valence-electron chi connectivity index (χ2n) is 5.50. The Bertz CT molecular complexity index is 319. The van der Waals surface area contributed by atoms with Gasteiger partial charge in [-0.2, -0.15) is 0 Å². The van der Waals surface area contributed by atoms with Crippen LogP contribution in [0.2, 0.25) is 0 Å². The number of hydrogen-bond donors (Lipinski definition) is 1. The van der Waals surface area contributed by atoms with Crippen molar-refractivity contribution in [2.24, 2.45) is 11.8 Å². The van der Waals surface area contributed by atoms with Gasteiger partial charge in [0.25, 0.3) is 0 Å². The van der Waals surface area contributed by atoms with Crippen LogP contribution in [0, 0.1) is 11.8 Å². The summed E-state index contributed by atoms with van der Waals surface area (Å²) in [6, 6.07) is -0.652. The second-order valence-corrected chi connectivity index (χ2v) is 5.50. The second kappa shape index (κ2) is 7.48. The maximum atomic E-state index is 12.2. The predicted molar refractivity (Wildman–Crippen MR) is 71.8 cm³/mol. The summed E-state index contributed by atoms with van der Waals surface area (Å²) in [4.78, 5) is 25.1. The number of carbonyl (C=O) groups is 2. The van der Waals surface area contributed by atoms with Crippen LogP contribution in [-0.2, 0) is 14.3 Å². The number of amides is 1. The zero-order chi connectivity index (χ0) is 14.4. The van der Waals surface area contributed by atoms with Gasteiger partial charge >= 0.3 is 5.97 Å². The number of ether oxygens (including phenoxy) is 1. The van der Waals surface area contributed by atoms with Crippen LogP contribution in [0.5, 0.6) is 0 Å². The lowest BCUT2D eigenvalue weighted by Gasteiger charge is -2.37. The number of nitrogens with zero attached hydrogens (tertiary/aromatic N) is 1. The van der Waals surface area contributed by atoms with Crippen molar-refractivity contribution in [3.8, 4) is 0 Å². The van der Waals surface area contributed by atoms with Crippen molar-refractivity contribution in [3.63, 3.8) is 0 Å². The van der Waals surface area contributed by atoms with Crippen LogP contribution < -0.4 is 0 Å². The first kappa shape index (κ1) is 16.0. The van der Waals surface area contributed by atoms with Gasteiger partial charge in [-0.15, -0.1) is 0 Å². The van der Waals surface area contributed by atoms with Gasteiger partial charge in [0.05, 0.1) is 0 Å². The molecule has 1 saturated heterocycles. The summed E-state index contributed by atoms with van der Waals surface area (Å²) in [5.74, 6) is -0.408. The van der Waals surface area contributed by atoms with Crippen LogP contribution in [0.25, 0.3) is 0 Å². The molecule has 1 aliphatic rings. The monoisotopic (exact) mass is 271 g/mol. The van der Waals surface area contributed by atoms with E-state index in [2.05, 4.69) is 6.92 Å². The predicted octanol–water partition coefficient (Wildman–Crippen LogP) is 1.76. The molecular weight excluding hydrogens is 246 g/mol. The molecule has 0 saturated carbocycles. The van der Waals surface area contributed by atoms with Crippen molar-refractivity contribution in [3.05, 3.63) is 0 Å². The van der Waals surface area contributed by atoms with Crippen molar-refractivity contribution in [1.82, 2.24) is 4.90 Å². The van der Waals surface area contributed by atoms with Crippen molar-refractivity contribution >= 4 is 11.9 Å². The third kappa shape index (κ3) is 4.49. The molecule has 5 heteroatoms. The molecule has 0 bridgehead atoms.